The molecule has 4 rings (SSSR count). The number of amides is 1. The maximum atomic E-state index is 11.4. The number of primary amides is 1. The molecule has 2 aliphatic rings. The van der Waals surface area contributed by atoms with Crippen LogP contribution >= 0.6 is 0 Å². The first-order valence-electron chi connectivity index (χ1n) is 11.6. The number of ether oxygens (including phenoxy) is 1. The van der Waals surface area contributed by atoms with Crippen molar-refractivity contribution >= 4 is 17.1 Å². The monoisotopic (exact) mass is 413 g/mol. The molecule has 0 bridgehead atoms. The second kappa shape index (κ2) is 9.79. The molecule has 30 heavy (non-hydrogen) atoms. The molecule has 0 aliphatic carbocycles. The summed E-state index contributed by atoms with van der Waals surface area (Å²) in [5, 5.41) is 0. The normalized spacial score (nSPS) is 21.2. The van der Waals surface area contributed by atoms with Crippen molar-refractivity contribution in [1.29, 1.82) is 0 Å². The van der Waals surface area contributed by atoms with Gasteiger partial charge in [-0.1, -0.05) is 19.4 Å². The average Bonchev–Trinajstić information content (AvgIpc) is 3.13. The van der Waals surface area contributed by atoms with Crippen molar-refractivity contribution in [3.63, 3.8) is 0 Å². The Labute approximate surface area is 179 Å². The number of piperidine rings is 2. The number of aromatic nitrogens is 2. The third-order valence-electron chi connectivity index (χ3n) is 6.48. The molecule has 2 saturated heterocycles. The van der Waals surface area contributed by atoms with E-state index in [1.165, 1.54) is 51.7 Å². The number of carbonyl (C=O) groups excluding carboxylic acids is 1. The van der Waals surface area contributed by atoms with Gasteiger partial charge in [0, 0.05) is 25.6 Å². The smallest absolute Gasteiger partial charge is 0.408 e. The summed E-state index contributed by atoms with van der Waals surface area (Å²) in [6.07, 6.45) is 6.67. The van der Waals surface area contributed by atoms with Crippen molar-refractivity contribution in [2.75, 3.05) is 39.3 Å². The molecule has 1 aromatic carbocycles. The predicted molar refractivity (Wildman–Crippen MR) is 119 cm³/mol. The molecular formula is C23H35N5O2. The Bertz CT molecular complexity index is 857. The zero-order valence-corrected chi connectivity index (χ0v) is 18.2. The maximum Gasteiger partial charge on any atom is 0.410 e. The number of likely N-dealkylation sites (tertiary alicyclic amines) is 2. The first kappa shape index (κ1) is 21.1. The van der Waals surface area contributed by atoms with Crippen LogP contribution in [-0.4, -0.2) is 64.7 Å². The molecule has 164 valence electrons. The van der Waals surface area contributed by atoms with E-state index < -0.39 is 6.09 Å². The van der Waals surface area contributed by atoms with Crippen molar-refractivity contribution in [2.24, 2.45) is 5.73 Å². The highest BCUT2D eigenvalue weighted by atomic mass is 16.5. The first-order chi connectivity index (χ1) is 14.7. The summed E-state index contributed by atoms with van der Waals surface area (Å²) in [4.78, 5) is 21.6. The van der Waals surface area contributed by atoms with Gasteiger partial charge in [0.05, 0.1) is 5.52 Å². The lowest BCUT2D eigenvalue weighted by atomic mass is 9.97. The minimum Gasteiger partial charge on any atom is -0.408 e. The van der Waals surface area contributed by atoms with Crippen LogP contribution in [-0.2, 0) is 6.54 Å². The highest BCUT2D eigenvalue weighted by Crippen LogP contribution is 2.33. The van der Waals surface area contributed by atoms with Gasteiger partial charge in [-0.15, -0.1) is 0 Å². The van der Waals surface area contributed by atoms with Crippen molar-refractivity contribution in [3.05, 3.63) is 24.0 Å². The Kier molecular flexibility index (Phi) is 6.89. The number of benzene rings is 1. The van der Waals surface area contributed by atoms with E-state index in [2.05, 4.69) is 27.4 Å². The second-order valence-corrected chi connectivity index (χ2v) is 8.71. The van der Waals surface area contributed by atoms with Crippen LogP contribution in [0.1, 0.15) is 57.2 Å². The lowest BCUT2D eigenvalue weighted by Crippen LogP contribution is -2.36. The zero-order valence-electron chi connectivity index (χ0n) is 18.2. The number of fused-ring (bicyclic) bond motifs is 1. The van der Waals surface area contributed by atoms with Gasteiger partial charge in [-0.3, -0.25) is 0 Å². The number of imidazole rings is 1. The molecule has 0 spiro atoms. The van der Waals surface area contributed by atoms with Gasteiger partial charge < -0.3 is 24.8 Å². The van der Waals surface area contributed by atoms with E-state index in [4.69, 9.17) is 15.5 Å². The molecule has 2 aromatic rings. The number of carbonyl (C=O) groups is 1. The van der Waals surface area contributed by atoms with E-state index in [1.807, 2.05) is 6.07 Å². The van der Waals surface area contributed by atoms with E-state index in [1.54, 1.807) is 6.07 Å². The molecule has 0 saturated carbocycles. The number of rotatable bonds is 7. The van der Waals surface area contributed by atoms with Gasteiger partial charge in [-0.2, -0.15) is 0 Å². The van der Waals surface area contributed by atoms with Crippen molar-refractivity contribution in [1.82, 2.24) is 19.4 Å². The molecule has 2 aliphatic heterocycles. The average molecular weight is 414 g/mol. The van der Waals surface area contributed by atoms with Crippen LogP contribution in [0.4, 0.5) is 4.79 Å². The number of nitrogens with zero attached hydrogens (tertiary/aromatic N) is 4. The Morgan fingerprint density at radius 3 is 2.67 bits per heavy atom. The maximum absolute atomic E-state index is 11.4. The molecule has 2 N–H and O–H groups in total. The van der Waals surface area contributed by atoms with Gasteiger partial charge in [-0.05, 0) is 70.4 Å². The quantitative estimate of drug-likeness (QED) is 0.751. The summed E-state index contributed by atoms with van der Waals surface area (Å²) in [5.41, 5.74) is 7.09. The van der Waals surface area contributed by atoms with Gasteiger partial charge in [0.15, 0.2) is 5.75 Å². The summed E-state index contributed by atoms with van der Waals surface area (Å²) in [6, 6.07) is 5.79. The SMILES string of the molecule is CCCN1CCCC(c2nc3c(OC(N)=O)cccc3n2CCN2CCCCC2)C1. The standard InChI is InChI=1S/C23H35N5O2/c1-2-11-27-14-7-8-18(17-27)22-25-21-19(9-6-10-20(21)30-23(24)29)28(22)16-15-26-12-4-3-5-13-26/h6,9-10,18H,2-5,7-8,11-17H2,1H3,(H2,24,29). The largest absolute Gasteiger partial charge is 0.410 e. The summed E-state index contributed by atoms with van der Waals surface area (Å²) >= 11 is 0. The fourth-order valence-corrected chi connectivity index (χ4v) is 5.09. The van der Waals surface area contributed by atoms with Gasteiger partial charge in [0.2, 0.25) is 0 Å². The van der Waals surface area contributed by atoms with E-state index in [9.17, 15) is 4.79 Å². The summed E-state index contributed by atoms with van der Waals surface area (Å²) in [7, 11) is 0. The minimum absolute atomic E-state index is 0.403. The molecule has 1 unspecified atom stereocenters. The van der Waals surface area contributed by atoms with E-state index in [0.717, 1.165) is 49.5 Å². The fraction of sp³-hybridized carbons (Fsp3) is 0.652. The molecule has 2 fully saturated rings. The third kappa shape index (κ3) is 4.78. The van der Waals surface area contributed by atoms with E-state index in [0.29, 0.717) is 11.7 Å². The van der Waals surface area contributed by atoms with Crippen LogP contribution in [0.25, 0.3) is 11.0 Å². The van der Waals surface area contributed by atoms with Crippen LogP contribution in [0.5, 0.6) is 5.75 Å². The van der Waals surface area contributed by atoms with E-state index in [-0.39, 0.29) is 0 Å². The minimum atomic E-state index is -0.793. The summed E-state index contributed by atoms with van der Waals surface area (Å²) in [6.45, 7) is 9.92. The number of hydrogen-bond acceptors (Lipinski definition) is 5. The van der Waals surface area contributed by atoms with Gasteiger partial charge in [-0.25, -0.2) is 9.78 Å². The van der Waals surface area contributed by atoms with Crippen LogP contribution in [0.15, 0.2) is 18.2 Å². The lowest BCUT2D eigenvalue weighted by Gasteiger charge is -2.33. The van der Waals surface area contributed by atoms with Crippen LogP contribution in [0.3, 0.4) is 0 Å². The summed E-state index contributed by atoms with van der Waals surface area (Å²) in [5.74, 6) is 1.99. The number of hydrogen-bond donors (Lipinski definition) is 1. The topological polar surface area (TPSA) is 76.6 Å². The van der Waals surface area contributed by atoms with Crippen LogP contribution in [0, 0.1) is 0 Å². The molecular weight excluding hydrogens is 378 g/mol. The zero-order chi connectivity index (χ0) is 20.9. The van der Waals surface area contributed by atoms with Gasteiger partial charge in [0.25, 0.3) is 0 Å². The lowest BCUT2D eigenvalue weighted by molar-refractivity contribution is 0.198. The Hall–Kier alpha value is -2.12. The molecule has 7 nitrogen and oxygen atoms in total. The molecule has 0 radical (unpaired) electrons. The molecule has 1 atom stereocenters. The molecule has 3 heterocycles. The Morgan fingerprint density at radius 2 is 1.90 bits per heavy atom. The van der Waals surface area contributed by atoms with Crippen LogP contribution in [0.2, 0.25) is 0 Å². The molecule has 7 heteroatoms. The van der Waals surface area contributed by atoms with Crippen LogP contribution < -0.4 is 10.5 Å². The fourth-order valence-electron chi connectivity index (χ4n) is 5.09. The number of nitrogens with two attached hydrogens (primary N) is 1. The van der Waals surface area contributed by atoms with Gasteiger partial charge >= 0.3 is 6.09 Å². The Balaban J connectivity index is 1.66. The van der Waals surface area contributed by atoms with Gasteiger partial charge in [0.1, 0.15) is 11.3 Å². The highest BCUT2D eigenvalue weighted by molar-refractivity contribution is 5.85. The summed E-state index contributed by atoms with van der Waals surface area (Å²) < 4.78 is 7.65. The molecule has 1 amide bonds. The Morgan fingerprint density at radius 1 is 1.10 bits per heavy atom. The van der Waals surface area contributed by atoms with Crippen molar-refractivity contribution in [2.45, 2.75) is 57.9 Å². The number of para-hydroxylation sites is 1. The van der Waals surface area contributed by atoms with E-state index >= 15 is 0 Å². The third-order valence-corrected chi connectivity index (χ3v) is 6.48. The molecule has 1 aromatic heterocycles. The van der Waals surface area contributed by atoms with Crippen molar-refractivity contribution < 1.29 is 9.53 Å². The highest BCUT2D eigenvalue weighted by Gasteiger charge is 2.27. The second-order valence-electron chi connectivity index (χ2n) is 8.71. The first-order valence-corrected chi connectivity index (χ1v) is 11.6. The predicted octanol–water partition coefficient (Wildman–Crippen LogP) is 3.57. The van der Waals surface area contributed by atoms with Crippen molar-refractivity contribution in [3.8, 4) is 5.75 Å².